The van der Waals surface area contributed by atoms with E-state index in [-0.39, 0.29) is 29.9 Å². The smallest absolute Gasteiger partial charge is 0.271 e. The number of nitro benzene ring substituents is 1. The summed E-state index contributed by atoms with van der Waals surface area (Å²) in [5.41, 5.74) is -0.370. The molecule has 11 nitrogen and oxygen atoms in total. The van der Waals surface area contributed by atoms with Gasteiger partial charge in [-0.1, -0.05) is 0 Å². The van der Waals surface area contributed by atoms with Crippen LogP contribution in [-0.4, -0.2) is 94.7 Å². The molecule has 0 aromatic heterocycles. The van der Waals surface area contributed by atoms with E-state index in [0.717, 1.165) is 12.1 Å². The average Bonchev–Trinajstić information content (AvgIpc) is 2.73. The second-order valence-electron chi connectivity index (χ2n) is 6.20. The third-order valence-electron chi connectivity index (χ3n) is 4.21. The molecular weight excluding hydrogens is 386 g/mol. The van der Waals surface area contributed by atoms with Crippen LogP contribution in [0.4, 0.5) is 5.69 Å². The minimum Gasteiger partial charge on any atom is -0.354 e. The Morgan fingerprint density at radius 1 is 0.862 bits per heavy atom. The third kappa shape index (κ3) is 6.75. The van der Waals surface area contributed by atoms with Crippen LogP contribution in [0.1, 0.15) is 20.7 Å². The van der Waals surface area contributed by atoms with E-state index in [0.29, 0.717) is 0 Å². The highest BCUT2D eigenvalue weighted by Gasteiger charge is 2.24. The number of carbonyl (C=O) groups is 2. The van der Waals surface area contributed by atoms with Crippen molar-refractivity contribution in [2.45, 2.75) is 12.6 Å². The van der Waals surface area contributed by atoms with Crippen LogP contribution in [0, 0.1) is 10.1 Å². The Morgan fingerprint density at radius 3 is 1.48 bits per heavy atom. The van der Waals surface area contributed by atoms with Gasteiger partial charge in [-0.25, -0.2) is 0 Å². The molecule has 0 saturated heterocycles. The Hall–Kier alpha value is -2.60. The molecule has 11 heteroatoms. The molecule has 29 heavy (non-hydrogen) atoms. The van der Waals surface area contributed by atoms with E-state index in [2.05, 4.69) is 0 Å². The predicted octanol–water partition coefficient (Wildman–Crippen LogP) is 0.977. The number of methoxy groups -OCH3 is 4. The Kier molecular flexibility index (Phi) is 9.62. The molecule has 0 radical (unpaired) electrons. The normalized spacial score (nSPS) is 11.0. The second kappa shape index (κ2) is 11.4. The molecule has 0 heterocycles. The number of amides is 2. The van der Waals surface area contributed by atoms with Crippen LogP contribution in [0.2, 0.25) is 0 Å². The van der Waals surface area contributed by atoms with Crippen molar-refractivity contribution in [3.8, 4) is 0 Å². The predicted molar refractivity (Wildman–Crippen MR) is 103 cm³/mol. The Bertz CT molecular complexity index is 669. The number of likely N-dealkylation sites (N-methyl/N-ethyl adjacent to an activating group) is 2. The highest BCUT2D eigenvalue weighted by atomic mass is 16.7. The molecule has 0 aliphatic carbocycles. The summed E-state index contributed by atoms with van der Waals surface area (Å²) in [6.45, 7) is 0.197. The number of hydrogen-bond acceptors (Lipinski definition) is 8. The summed E-state index contributed by atoms with van der Waals surface area (Å²) in [6.07, 6.45) is -1.31. The van der Waals surface area contributed by atoms with Gasteiger partial charge in [-0.2, -0.15) is 0 Å². The van der Waals surface area contributed by atoms with Crippen LogP contribution < -0.4 is 0 Å². The summed E-state index contributed by atoms with van der Waals surface area (Å²) < 4.78 is 20.2. The van der Waals surface area contributed by atoms with Crippen LogP contribution in [0.15, 0.2) is 18.2 Å². The van der Waals surface area contributed by atoms with Gasteiger partial charge in [0.15, 0.2) is 12.6 Å². The molecule has 1 aromatic rings. The summed E-state index contributed by atoms with van der Waals surface area (Å²) >= 11 is 0. The largest absolute Gasteiger partial charge is 0.354 e. The van der Waals surface area contributed by atoms with Gasteiger partial charge in [0.2, 0.25) is 0 Å². The van der Waals surface area contributed by atoms with Gasteiger partial charge in [0.1, 0.15) is 0 Å². The molecule has 0 aliphatic heterocycles. The van der Waals surface area contributed by atoms with Crippen LogP contribution in [0.3, 0.4) is 0 Å². The number of nitrogens with zero attached hydrogens (tertiary/aromatic N) is 3. The fourth-order valence-corrected chi connectivity index (χ4v) is 2.51. The van der Waals surface area contributed by atoms with Crippen molar-refractivity contribution in [3.63, 3.8) is 0 Å². The van der Waals surface area contributed by atoms with Gasteiger partial charge in [0.05, 0.1) is 18.0 Å². The van der Waals surface area contributed by atoms with E-state index in [1.165, 1.54) is 58.4 Å². The molecule has 0 fully saturated rings. The maximum Gasteiger partial charge on any atom is 0.271 e. The fraction of sp³-hybridized carbons (Fsp3) is 0.556. The number of non-ortho nitro benzene ring substituents is 1. The van der Waals surface area contributed by atoms with Gasteiger partial charge >= 0.3 is 0 Å². The van der Waals surface area contributed by atoms with E-state index in [9.17, 15) is 19.7 Å². The van der Waals surface area contributed by atoms with Gasteiger partial charge in [0.25, 0.3) is 17.5 Å². The van der Waals surface area contributed by atoms with Crippen LogP contribution >= 0.6 is 0 Å². The first kappa shape index (κ1) is 24.4. The van der Waals surface area contributed by atoms with Crippen molar-refractivity contribution in [2.75, 3.05) is 55.6 Å². The summed E-state index contributed by atoms with van der Waals surface area (Å²) in [4.78, 5) is 38.7. The van der Waals surface area contributed by atoms with E-state index >= 15 is 0 Å². The Balaban J connectivity index is 3.18. The lowest BCUT2D eigenvalue weighted by molar-refractivity contribution is -0.384. The zero-order chi connectivity index (χ0) is 22.1. The minimum atomic E-state index is -0.659. The van der Waals surface area contributed by atoms with E-state index in [1.54, 1.807) is 0 Å². The molecular formula is C18H27N3O8. The highest BCUT2D eigenvalue weighted by molar-refractivity contribution is 6.00. The molecule has 0 atom stereocenters. The average molecular weight is 413 g/mol. The molecule has 0 N–H and O–H groups in total. The number of benzene rings is 1. The second-order valence-corrected chi connectivity index (χ2v) is 6.20. The fourth-order valence-electron chi connectivity index (χ4n) is 2.51. The quantitative estimate of drug-likeness (QED) is 0.299. The van der Waals surface area contributed by atoms with Crippen LogP contribution in [0.5, 0.6) is 0 Å². The summed E-state index contributed by atoms with van der Waals surface area (Å²) in [7, 11) is 8.72. The molecule has 2 amide bonds. The van der Waals surface area contributed by atoms with Crippen molar-refractivity contribution >= 4 is 17.5 Å². The zero-order valence-electron chi connectivity index (χ0n) is 17.4. The maximum atomic E-state index is 12.7. The van der Waals surface area contributed by atoms with Gasteiger partial charge in [-0.05, 0) is 6.07 Å². The van der Waals surface area contributed by atoms with E-state index in [4.69, 9.17) is 18.9 Å². The van der Waals surface area contributed by atoms with E-state index < -0.39 is 29.3 Å². The zero-order valence-corrected chi connectivity index (χ0v) is 17.4. The maximum absolute atomic E-state index is 12.7. The molecule has 0 unspecified atom stereocenters. The summed E-state index contributed by atoms with van der Waals surface area (Å²) in [5.74, 6) is -1.03. The molecule has 1 rings (SSSR count). The number of rotatable bonds is 11. The number of nitro groups is 1. The van der Waals surface area contributed by atoms with Gasteiger partial charge in [-0.3, -0.25) is 19.7 Å². The molecule has 1 aromatic carbocycles. The third-order valence-corrected chi connectivity index (χ3v) is 4.21. The summed E-state index contributed by atoms with van der Waals surface area (Å²) in [5, 5.41) is 11.3. The van der Waals surface area contributed by atoms with Crippen molar-refractivity contribution in [1.29, 1.82) is 0 Å². The highest BCUT2D eigenvalue weighted by Crippen LogP contribution is 2.20. The first-order valence-electron chi connectivity index (χ1n) is 8.60. The lowest BCUT2D eigenvalue weighted by Gasteiger charge is -2.23. The van der Waals surface area contributed by atoms with Crippen LogP contribution in [0.25, 0.3) is 0 Å². The molecule has 162 valence electrons. The van der Waals surface area contributed by atoms with Crippen molar-refractivity contribution in [1.82, 2.24) is 9.80 Å². The van der Waals surface area contributed by atoms with Gasteiger partial charge in [-0.15, -0.1) is 0 Å². The monoisotopic (exact) mass is 413 g/mol. The van der Waals surface area contributed by atoms with Crippen LogP contribution in [-0.2, 0) is 18.9 Å². The number of hydrogen-bond donors (Lipinski definition) is 0. The van der Waals surface area contributed by atoms with Gasteiger partial charge < -0.3 is 28.7 Å². The van der Waals surface area contributed by atoms with Crippen molar-refractivity contribution in [2.24, 2.45) is 0 Å². The molecule has 0 aliphatic rings. The summed E-state index contributed by atoms with van der Waals surface area (Å²) in [6, 6.07) is 3.56. The van der Waals surface area contributed by atoms with Gasteiger partial charge in [0, 0.05) is 65.8 Å². The molecule has 0 spiro atoms. The van der Waals surface area contributed by atoms with Crippen molar-refractivity contribution in [3.05, 3.63) is 39.4 Å². The number of ether oxygens (including phenoxy) is 4. The number of carbonyl (C=O) groups excluding carboxylic acids is 2. The Morgan fingerprint density at radius 2 is 1.21 bits per heavy atom. The first-order valence-corrected chi connectivity index (χ1v) is 8.60. The minimum absolute atomic E-state index is 0.000519. The first-order chi connectivity index (χ1) is 13.7. The lowest BCUT2D eigenvalue weighted by atomic mass is 10.1. The topological polar surface area (TPSA) is 121 Å². The van der Waals surface area contributed by atoms with Crippen molar-refractivity contribution < 1.29 is 33.5 Å². The SMILES string of the molecule is COC(CN(C)C(=O)c1cc(C(=O)N(C)CC(OC)OC)cc([N+](=O)[O-])c1)OC. The lowest BCUT2D eigenvalue weighted by Crippen LogP contribution is -2.37. The molecule has 0 saturated carbocycles. The Labute approximate surface area is 169 Å². The standard InChI is InChI=1S/C18H27N3O8/c1-19(10-15(26-3)27-4)17(22)12-7-13(9-14(8-12)21(24)25)18(23)20(2)11-16(28-5)29-6/h7-9,15-16H,10-11H2,1-6H3. The van der Waals surface area contributed by atoms with E-state index in [1.807, 2.05) is 0 Å². The molecule has 0 bridgehead atoms.